The molecular weight excluding hydrogens is 480 g/mol. The topological polar surface area (TPSA) is 114 Å². The van der Waals surface area contributed by atoms with Crippen LogP contribution in [0.25, 0.3) is 5.57 Å². The van der Waals surface area contributed by atoms with Gasteiger partial charge in [-0.25, -0.2) is 8.42 Å². The Balaban J connectivity index is 1.69. The third kappa shape index (κ3) is 6.35. The van der Waals surface area contributed by atoms with Crippen LogP contribution in [0.3, 0.4) is 0 Å². The number of hydrogen-bond donors (Lipinski definition) is 0. The van der Waals surface area contributed by atoms with Crippen molar-refractivity contribution in [1.29, 1.82) is 5.26 Å². The molecule has 3 rings (SSSR count). The lowest BCUT2D eigenvalue weighted by molar-refractivity contribution is 0.341. The van der Waals surface area contributed by atoms with Gasteiger partial charge in [-0.05, 0) is 48.8 Å². The highest BCUT2D eigenvalue weighted by atomic mass is 32.2. The van der Waals surface area contributed by atoms with E-state index in [1.807, 2.05) is 38.1 Å². The Labute approximate surface area is 198 Å². The van der Waals surface area contributed by atoms with Crippen LogP contribution in [-0.4, -0.2) is 33.4 Å². The lowest BCUT2D eigenvalue weighted by atomic mass is 9.98. The maximum Gasteiger partial charge on any atom is 0.329 e. The zero-order chi connectivity index (χ0) is 24.1. The van der Waals surface area contributed by atoms with Gasteiger partial charge in [0.1, 0.15) is 16.9 Å². The first-order valence-corrected chi connectivity index (χ1v) is 14.1. The van der Waals surface area contributed by atoms with Gasteiger partial charge in [0, 0.05) is 4.91 Å². The Morgan fingerprint density at radius 3 is 2.39 bits per heavy atom. The van der Waals surface area contributed by atoms with Crippen LogP contribution in [0.15, 0.2) is 75.6 Å². The van der Waals surface area contributed by atoms with Crippen LogP contribution >= 0.6 is 11.8 Å². The normalized spacial score (nSPS) is 16.6. The molecule has 33 heavy (non-hydrogen) atoms. The second-order valence-electron chi connectivity index (χ2n) is 7.19. The number of nitrogens with zero attached hydrogens (tertiary/aromatic N) is 2. The van der Waals surface area contributed by atoms with Crippen molar-refractivity contribution in [1.82, 2.24) is 0 Å². The number of sulfone groups is 1. The van der Waals surface area contributed by atoms with Crippen molar-refractivity contribution in [2.75, 3.05) is 11.5 Å². The summed E-state index contributed by atoms with van der Waals surface area (Å²) >= 11 is 1.11. The minimum atomic E-state index is -4.22. The summed E-state index contributed by atoms with van der Waals surface area (Å²) in [5.74, 6) is -1.35. The van der Waals surface area contributed by atoms with Gasteiger partial charge in [-0.1, -0.05) is 65.8 Å². The van der Waals surface area contributed by atoms with Crippen molar-refractivity contribution in [3.8, 4) is 6.07 Å². The average molecular weight is 503 g/mol. The van der Waals surface area contributed by atoms with E-state index in [2.05, 4.69) is 11.2 Å². The van der Waals surface area contributed by atoms with E-state index >= 15 is 0 Å². The lowest BCUT2D eigenvalue weighted by Crippen LogP contribution is -2.18. The third-order valence-corrected chi connectivity index (χ3v) is 8.82. The zero-order valence-electron chi connectivity index (χ0n) is 18.1. The van der Waals surface area contributed by atoms with E-state index in [1.165, 1.54) is 12.1 Å². The Bertz CT molecular complexity index is 1380. The molecule has 7 nitrogen and oxygen atoms in total. The molecule has 0 spiro atoms. The Kier molecular flexibility index (Phi) is 7.79. The van der Waals surface area contributed by atoms with Crippen molar-refractivity contribution < 1.29 is 21.1 Å². The molecular formula is C23H22N2O5S3. The second-order valence-corrected chi connectivity index (χ2v) is 12.0. The number of oxime groups is 1. The first-order chi connectivity index (χ1) is 15.6. The van der Waals surface area contributed by atoms with Crippen LogP contribution in [0.4, 0.5) is 0 Å². The highest BCUT2D eigenvalue weighted by molar-refractivity contribution is 8.18. The molecule has 0 radical (unpaired) electrons. The van der Waals surface area contributed by atoms with Crippen LogP contribution in [-0.2, 0) is 30.7 Å². The first-order valence-electron chi connectivity index (χ1n) is 10.0. The lowest BCUT2D eigenvalue weighted by Gasteiger charge is -2.08. The number of aryl methyl sites for hydroxylation is 2. The molecule has 0 fully saturated rings. The van der Waals surface area contributed by atoms with Gasteiger partial charge < -0.3 is 0 Å². The van der Waals surface area contributed by atoms with E-state index in [0.717, 1.165) is 34.9 Å². The standard InChI is InChI=1S/C23H22N2O5S3/c1-3-18-6-4-5-7-20(18)21(16-24)22-12-13-23(31-22)25-30-33(28,29)15-14-32(26,27)19-10-8-17(2)9-11-19/h4-13H,3,14-15H2,1-2H3/b22-21+,25-23?. The molecule has 172 valence electrons. The van der Waals surface area contributed by atoms with E-state index in [0.29, 0.717) is 10.5 Å². The molecule has 2 aromatic carbocycles. The van der Waals surface area contributed by atoms with Gasteiger partial charge >= 0.3 is 10.1 Å². The van der Waals surface area contributed by atoms with E-state index in [-0.39, 0.29) is 9.94 Å². The molecule has 1 aliphatic heterocycles. The van der Waals surface area contributed by atoms with Gasteiger partial charge in [0.2, 0.25) is 0 Å². The molecule has 0 bridgehead atoms. The molecule has 0 unspecified atom stereocenters. The van der Waals surface area contributed by atoms with Gasteiger partial charge in [0.05, 0.1) is 16.2 Å². The van der Waals surface area contributed by atoms with Crippen LogP contribution in [0, 0.1) is 18.3 Å². The summed E-state index contributed by atoms with van der Waals surface area (Å²) in [5.41, 5.74) is 3.19. The SMILES string of the molecule is CCc1ccccc1/C(C#N)=C1\C=CC(=NOS(=O)(=O)CCS(=O)(=O)c2ccc(C)cc2)S1. The fraction of sp³-hybridized carbons (Fsp3) is 0.217. The number of benzene rings is 2. The van der Waals surface area contributed by atoms with Crippen LogP contribution < -0.4 is 0 Å². The molecule has 0 saturated carbocycles. The number of hydrogen-bond acceptors (Lipinski definition) is 8. The molecule has 2 aromatic rings. The summed E-state index contributed by atoms with van der Waals surface area (Å²) in [5, 5.41) is 13.6. The van der Waals surface area contributed by atoms with E-state index < -0.39 is 31.5 Å². The Morgan fingerprint density at radius 2 is 1.73 bits per heavy atom. The van der Waals surface area contributed by atoms with Gasteiger partial charge in [-0.2, -0.15) is 13.7 Å². The van der Waals surface area contributed by atoms with Crippen LogP contribution in [0.2, 0.25) is 0 Å². The molecule has 0 amide bonds. The Morgan fingerprint density at radius 1 is 1.03 bits per heavy atom. The summed E-state index contributed by atoms with van der Waals surface area (Å²) in [6.45, 7) is 3.83. The minimum Gasteiger partial charge on any atom is -0.267 e. The first kappa shape index (κ1) is 24.8. The predicted octanol–water partition coefficient (Wildman–Crippen LogP) is 4.23. The van der Waals surface area contributed by atoms with Crippen molar-refractivity contribution in [3.63, 3.8) is 0 Å². The number of nitriles is 1. The molecule has 1 heterocycles. The molecule has 1 aliphatic rings. The highest BCUT2D eigenvalue weighted by Crippen LogP contribution is 2.35. The molecule has 10 heteroatoms. The van der Waals surface area contributed by atoms with Crippen molar-refractivity contribution in [2.24, 2.45) is 5.16 Å². The largest absolute Gasteiger partial charge is 0.329 e. The summed E-state index contributed by atoms with van der Waals surface area (Å²) in [4.78, 5) is 0.676. The van der Waals surface area contributed by atoms with Crippen LogP contribution in [0.5, 0.6) is 0 Å². The van der Waals surface area contributed by atoms with Crippen LogP contribution in [0.1, 0.15) is 23.6 Å². The fourth-order valence-corrected chi connectivity index (χ4v) is 6.66. The van der Waals surface area contributed by atoms with E-state index in [4.69, 9.17) is 4.28 Å². The number of rotatable bonds is 8. The monoisotopic (exact) mass is 502 g/mol. The number of allylic oxidation sites excluding steroid dienone is 2. The predicted molar refractivity (Wildman–Crippen MR) is 131 cm³/mol. The quantitative estimate of drug-likeness (QED) is 0.392. The van der Waals surface area contributed by atoms with Crippen molar-refractivity contribution >= 4 is 42.3 Å². The minimum absolute atomic E-state index is 0.0510. The smallest absolute Gasteiger partial charge is 0.267 e. The highest BCUT2D eigenvalue weighted by Gasteiger charge is 2.22. The summed E-state index contributed by atoms with van der Waals surface area (Å²) in [7, 11) is -8.00. The van der Waals surface area contributed by atoms with Gasteiger partial charge in [-0.15, -0.1) is 0 Å². The van der Waals surface area contributed by atoms with Gasteiger partial charge in [-0.3, -0.25) is 4.28 Å². The molecule has 0 aromatic heterocycles. The van der Waals surface area contributed by atoms with E-state index in [9.17, 15) is 22.1 Å². The Hall–Kier alpha value is -2.87. The van der Waals surface area contributed by atoms with Crippen molar-refractivity contribution in [2.45, 2.75) is 25.2 Å². The van der Waals surface area contributed by atoms with Gasteiger partial charge in [0.15, 0.2) is 9.84 Å². The second kappa shape index (κ2) is 10.4. The zero-order valence-corrected chi connectivity index (χ0v) is 20.5. The maximum atomic E-state index is 12.4. The van der Waals surface area contributed by atoms with Crippen molar-refractivity contribution in [3.05, 3.63) is 82.3 Å². The average Bonchev–Trinajstić information content (AvgIpc) is 3.27. The maximum absolute atomic E-state index is 12.4. The van der Waals surface area contributed by atoms with Gasteiger partial charge in [0.25, 0.3) is 0 Å². The summed E-state index contributed by atoms with van der Waals surface area (Å²) in [6.07, 6.45) is 3.98. The fourth-order valence-electron chi connectivity index (χ4n) is 3.04. The molecule has 0 saturated heterocycles. The number of thioether (sulfide) groups is 1. The molecule has 0 atom stereocenters. The summed E-state index contributed by atoms with van der Waals surface area (Å²) < 4.78 is 53.9. The molecule has 0 aliphatic carbocycles. The third-order valence-electron chi connectivity index (χ3n) is 4.84. The van der Waals surface area contributed by atoms with E-state index in [1.54, 1.807) is 24.3 Å². The molecule has 0 N–H and O–H groups in total. The summed E-state index contributed by atoms with van der Waals surface area (Å²) in [6, 6.07) is 16.0.